The second kappa shape index (κ2) is 9.90. The predicted octanol–water partition coefficient (Wildman–Crippen LogP) is 3.94. The Kier molecular flexibility index (Phi) is 6.95. The van der Waals surface area contributed by atoms with Crippen molar-refractivity contribution in [2.24, 2.45) is 0 Å². The lowest BCUT2D eigenvalue weighted by Crippen LogP contribution is -2.28. The number of ether oxygens (including phenoxy) is 1. The van der Waals surface area contributed by atoms with Gasteiger partial charge >= 0.3 is 5.97 Å². The zero-order valence-electron chi connectivity index (χ0n) is 19.2. The standard InChI is InChI=1S/C25H27N3O5S/c1-17(2)23-15-21(20-10-3-4-11-22(20)27-23)25(30)33-16-24(29)26-18-8-7-9-19(14-18)34(31,32)28-12-5-6-13-28/h3-4,7-11,14-15,17H,5-6,12-13,16H2,1-2H3,(H,26,29). The summed E-state index contributed by atoms with van der Waals surface area (Å²) < 4.78 is 32.3. The van der Waals surface area contributed by atoms with Crippen LogP contribution in [0.4, 0.5) is 5.69 Å². The van der Waals surface area contributed by atoms with Gasteiger partial charge in [0.1, 0.15) is 0 Å². The number of hydrogen-bond donors (Lipinski definition) is 1. The summed E-state index contributed by atoms with van der Waals surface area (Å²) in [5, 5.41) is 3.26. The number of nitrogens with zero attached hydrogens (tertiary/aromatic N) is 2. The van der Waals surface area contributed by atoms with E-state index < -0.39 is 28.5 Å². The number of benzene rings is 2. The molecule has 0 atom stereocenters. The smallest absolute Gasteiger partial charge is 0.339 e. The van der Waals surface area contributed by atoms with Gasteiger partial charge in [-0.2, -0.15) is 4.31 Å². The summed E-state index contributed by atoms with van der Waals surface area (Å²) in [5.41, 5.74) is 2.10. The fourth-order valence-corrected chi connectivity index (χ4v) is 5.44. The van der Waals surface area contributed by atoms with Crippen molar-refractivity contribution < 1.29 is 22.7 Å². The third-order valence-electron chi connectivity index (χ3n) is 5.70. The van der Waals surface area contributed by atoms with Crippen molar-refractivity contribution in [2.75, 3.05) is 25.0 Å². The quantitative estimate of drug-likeness (QED) is 0.513. The lowest BCUT2D eigenvalue weighted by Gasteiger charge is -2.16. The van der Waals surface area contributed by atoms with Gasteiger partial charge in [0.15, 0.2) is 6.61 Å². The molecule has 0 bridgehead atoms. The highest BCUT2D eigenvalue weighted by atomic mass is 32.2. The summed E-state index contributed by atoms with van der Waals surface area (Å²) in [6, 6.07) is 15.0. The highest BCUT2D eigenvalue weighted by molar-refractivity contribution is 7.89. The Labute approximate surface area is 199 Å². The van der Waals surface area contributed by atoms with Crippen LogP contribution in [-0.2, 0) is 19.6 Å². The van der Waals surface area contributed by atoms with E-state index in [9.17, 15) is 18.0 Å². The van der Waals surface area contributed by atoms with Crippen LogP contribution in [0.1, 0.15) is 48.7 Å². The topological polar surface area (TPSA) is 106 Å². The Morgan fingerprint density at radius 3 is 2.53 bits per heavy atom. The molecule has 2 aromatic carbocycles. The third-order valence-corrected chi connectivity index (χ3v) is 7.60. The van der Waals surface area contributed by atoms with Crippen LogP contribution in [0, 0.1) is 0 Å². The van der Waals surface area contributed by atoms with E-state index in [-0.39, 0.29) is 10.8 Å². The molecule has 2 heterocycles. The molecular weight excluding hydrogens is 454 g/mol. The van der Waals surface area contributed by atoms with E-state index in [0.717, 1.165) is 18.5 Å². The molecule has 0 spiro atoms. The third kappa shape index (κ3) is 5.10. The van der Waals surface area contributed by atoms with Crippen LogP contribution in [0.3, 0.4) is 0 Å². The normalized spacial score (nSPS) is 14.4. The molecule has 1 aliphatic rings. The van der Waals surface area contributed by atoms with E-state index in [2.05, 4.69) is 10.3 Å². The number of para-hydroxylation sites is 1. The van der Waals surface area contributed by atoms with E-state index in [4.69, 9.17) is 4.74 Å². The molecule has 1 aliphatic heterocycles. The number of pyridine rings is 1. The highest BCUT2D eigenvalue weighted by Crippen LogP contribution is 2.24. The molecule has 1 aromatic heterocycles. The average molecular weight is 482 g/mol. The molecule has 34 heavy (non-hydrogen) atoms. The summed E-state index contributed by atoms with van der Waals surface area (Å²) in [6.45, 7) is 4.46. The first kappa shape index (κ1) is 23.8. The second-order valence-corrected chi connectivity index (χ2v) is 10.5. The van der Waals surface area contributed by atoms with Crippen LogP contribution in [-0.4, -0.2) is 49.3 Å². The summed E-state index contributed by atoms with van der Waals surface area (Å²) in [5.74, 6) is -1.07. The molecule has 0 aliphatic carbocycles. The fraction of sp³-hybridized carbons (Fsp3) is 0.320. The molecule has 9 heteroatoms. The fourth-order valence-electron chi connectivity index (χ4n) is 3.88. The highest BCUT2D eigenvalue weighted by Gasteiger charge is 2.27. The van der Waals surface area contributed by atoms with Crippen molar-refractivity contribution in [1.82, 2.24) is 9.29 Å². The molecule has 8 nitrogen and oxygen atoms in total. The Balaban J connectivity index is 1.45. The van der Waals surface area contributed by atoms with Crippen LogP contribution in [0.25, 0.3) is 10.9 Å². The van der Waals surface area contributed by atoms with Gasteiger partial charge in [0.25, 0.3) is 5.91 Å². The number of hydrogen-bond acceptors (Lipinski definition) is 6. The molecule has 0 unspecified atom stereocenters. The number of carbonyl (C=O) groups excluding carboxylic acids is 2. The molecule has 1 N–H and O–H groups in total. The van der Waals surface area contributed by atoms with Gasteiger partial charge in [0.05, 0.1) is 16.0 Å². The van der Waals surface area contributed by atoms with Crippen LogP contribution < -0.4 is 5.32 Å². The molecule has 1 saturated heterocycles. The Morgan fingerprint density at radius 2 is 1.79 bits per heavy atom. The van der Waals surface area contributed by atoms with Gasteiger partial charge < -0.3 is 10.1 Å². The van der Waals surface area contributed by atoms with Crippen molar-refractivity contribution in [3.8, 4) is 0 Å². The summed E-state index contributed by atoms with van der Waals surface area (Å²) in [4.78, 5) is 30.0. The van der Waals surface area contributed by atoms with Gasteiger partial charge in [-0.05, 0) is 49.1 Å². The Hall–Kier alpha value is -3.30. The van der Waals surface area contributed by atoms with Gasteiger partial charge in [-0.1, -0.05) is 38.1 Å². The first-order valence-corrected chi connectivity index (χ1v) is 12.7. The molecule has 1 amide bonds. The summed E-state index contributed by atoms with van der Waals surface area (Å²) >= 11 is 0. The van der Waals surface area contributed by atoms with Crippen molar-refractivity contribution >= 4 is 38.5 Å². The van der Waals surface area contributed by atoms with Crippen LogP contribution in [0.15, 0.2) is 59.5 Å². The zero-order valence-corrected chi connectivity index (χ0v) is 20.0. The largest absolute Gasteiger partial charge is 0.452 e. The van der Waals surface area contributed by atoms with E-state index >= 15 is 0 Å². The van der Waals surface area contributed by atoms with E-state index in [1.807, 2.05) is 32.0 Å². The number of aromatic nitrogens is 1. The zero-order chi connectivity index (χ0) is 24.3. The van der Waals surface area contributed by atoms with Gasteiger partial charge in [-0.15, -0.1) is 0 Å². The molecule has 178 valence electrons. The van der Waals surface area contributed by atoms with Crippen molar-refractivity contribution in [1.29, 1.82) is 0 Å². The lowest BCUT2D eigenvalue weighted by atomic mass is 10.0. The Morgan fingerprint density at radius 1 is 1.06 bits per heavy atom. The average Bonchev–Trinajstić information content (AvgIpc) is 3.38. The lowest BCUT2D eigenvalue weighted by molar-refractivity contribution is -0.119. The number of carbonyl (C=O) groups is 2. The maximum absolute atomic E-state index is 12.8. The van der Waals surface area contributed by atoms with Crippen molar-refractivity contribution in [3.63, 3.8) is 0 Å². The number of sulfonamides is 1. The molecule has 1 fully saturated rings. The minimum absolute atomic E-state index is 0.114. The first-order valence-electron chi connectivity index (χ1n) is 11.2. The second-order valence-electron chi connectivity index (χ2n) is 8.53. The minimum Gasteiger partial charge on any atom is -0.452 e. The SMILES string of the molecule is CC(C)c1cc(C(=O)OCC(=O)Nc2cccc(S(=O)(=O)N3CCCC3)c2)c2ccccc2n1. The maximum Gasteiger partial charge on any atom is 0.339 e. The number of fused-ring (bicyclic) bond motifs is 1. The molecule has 3 aromatic rings. The van der Waals surface area contributed by atoms with Crippen LogP contribution in [0.2, 0.25) is 0 Å². The molecular formula is C25H27N3O5S. The number of esters is 1. The van der Waals surface area contributed by atoms with E-state index in [1.54, 1.807) is 24.3 Å². The van der Waals surface area contributed by atoms with Crippen molar-refractivity contribution in [2.45, 2.75) is 37.5 Å². The first-order chi connectivity index (χ1) is 16.3. The van der Waals surface area contributed by atoms with Gasteiger partial charge in [0.2, 0.25) is 10.0 Å². The number of rotatable bonds is 7. The monoisotopic (exact) mass is 481 g/mol. The maximum atomic E-state index is 12.8. The number of nitrogens with one attached hydrogen (secondary N) is 1. The Bertz CT molecular complexity index is 1330. The summed E-state index contributed by atoms with van der Waals surface area (Å²) in [7, 11) is -3.60. The minimum atomic E-state index is -3.60. The predicted molar refractivity (Wildman–Crippen MR) is 129 cm³/mol. The van der Waals surface area contributed by atoms with Gasteiger partial charge in [-0.3, -0.25) is 9.78 Å². The van der Waals surface area contributed by atoms with Crippen molar-refractivity contribution in [3.05, 3.63) is 65.9 Å². The van der Waals surface area contributed by atoms with Crippen LogP contribution in [0.5, 0.6) is 0 Å². The van der Waals surface area contributed by atoms with E-state index in [1.165, 1.54) is 16.4 Å². The molecule has 0 saturated carbocycles. The van der Waals surface area contributed by atoms with E-state index in [0.29, 0.717) is 35.2 Å². The number of amides is 1. The molecule has 4 rings (SSSR count). The molecule has 0 radical (unpaired) electrons. The van der Waals surface area contributed by atoms with Crippen LogP contribution >= 0.6 is 0 Å². The summed E-state index contributed by atoms with van der Waals surface area (Å²) in [6.07, 6.45) is 1.68. The van der Waals surface area contributed by atoms with Gasteiger partial charge in [-0.25, -0.2) is 13.2 Å². The van der Waals surface area contributed by atoms with Gasteiger partial charge in [0, 0.05) is 29.9 Å². The number of anilines is 1.